The van der Waals surface area contributed by atoms with Crippen molar-refractivity contribution in [1.82, 2.24) is 14.7 Å². The Morgan fingerprint density at radius 3 is 3.09 bits per heavy atom. The van der Waals surface area contributed by atoms with Crippen molar-refractivity contribution in [3.05, 3.63) is 40.3 Å². The van der Waals surface area contributed by atoms with Crippen LogP contribution in [0.3, 0.4) is 0 Å². The van der Waals surface area contributed by atoms with E-state index < -0.39 is 0 Å². The molecular formula is C17H23N3OS. The summed E-state index contributed by atoms with van der Waals surface area (Å²) in [6.07, 6.45) is 5.72. The zero-order valence-corrected chi connectivity index (χ0v) is 13.7. The maximum absolute atomic E-state index is 5.84. The van der Waals surface area contributed by atoms with Crippen LogP contribution in [0.4, 0.5) is 0 Å². The summed E-state index contributed by atoms with van der Waals surface area (Å²) in [6.45, 7) is 4.92. The number of ether oxygens (including phenoxy) is 1. The summed E-state index contributed by atoms with van der Waals surface area (Å²) in [5, 5.41) is 6.69. The molecule has 1 aliphatic carbocycles. The van der Waals surface area contributed by atoms with Crippen LogP contribution >= 0.6 is 11.3 Å². The van der Waals surface area contributed by atoms with Crippen LogP contribution in [0.2, 0.25) is 0 Å². The molecule has 2 aromatic rings. The fourth-order valence-electron chi connectivity index (χ4n) is 3.18. The fraction of sp³-hybridized carbons (Fsp3) is 0.588. The number of fused-ring (bicyclic) bond motifs is 1. The lowest BCUT2D eigenvalue weighted by Gasteiger charge is -2.33. The Morgan fingerprint density at radius 1 is 1.32 bits per heavy atom. The molecule has 2 aromatic heterocycles. The highest BCUT2D eigenvalue weighted by Gasteiger charge is 2.26. The van der Waals surface area contributed by atoms with Gasteiger partial charge in [0.05, 0.1) is 11.7 Å². The predicted octanol–water partition coefficient (Wildman–Crippen LogP) is 3.32. The Bertz CT molecular complexity index is 591. The lowest BCUT2D eigenvalue weighted by molar-refractivity contribution is 0.0908. The summed E-state index contributed by atoms with van der Waals surface area (Å²) in [5.41, 5.74) is 1.33. The molecule has 1 saturated carbocycles. The summed E-state index contributed by atoms with van der Waals surface area (Å²) in [5.74, 6) is 0.849. The summed E-state index contributed by atoms with van der Waals surface area (Å²) in [6, 6.07) is 6.96. The van der Waals surface area contributed by atoms with Gasteiger partial charge in [-0.15, -0.1) is 11.3 Å². The van der Waals surface area contributed by atoms with E-state index in [1.807, 2.05) is 17.5 Å². The first kappa shape index (κ1) is 14.4. The van der Waals surface area contributed by atoms with E-state index in [1.165, 1.54) is 23.4 Å². The molecule has 0 aromatic carbocycles. The molecule has 4 nitrogen and oxygen atoms in total. The number of thiophene rings is 1. The molecule has 118 valence electrons. The number of hydrogen-bond donors (Lipinski definition) is 0. The average Bonchev–Trinajstić information content (AvgIpc) is 2.99. The molecule has 3 heterocycles. The Hall–Kier alpha value is -1.17. The first-order chi connectivity index (χ1) is 10.9. The van der Waals surface area contributed by atoms with E-state index in [0.29, 0.717) is 6.04 Å². The third-order valence-electron chi connectivity index (χ3n) is 4.56. The van der Waals surface area contributed by atoms with E-state index in [-0.39, 0.29) is 0 Å². The van der Waals surface area contributed by atoms with Crippen molar-refractivity contribution in [2.45, 2.75) is 38.4 Å². The van der Waals surface area contributed by atoms with Crippen LogP contribution < -0.4 is 0 Å². The van der Waals surface area contributed by atoms with Gasteiger partial charge in [0.15, 0.2) is 0 Å². The molecular weight excluding hydrogens is 294 g/mol. The van der Waals surface area contributed by atoms with Crippen molar-refractivity contribution >= 4 is 11.3 Å². The summed E-state index contributed by atoms with van der Waals surface area (Å²) < 4.78 is 8.05. The molecule has 1 fully saturated rings. The van der Waals surface area contributed by atoms with E-state index in [1.54, 1.807) is 0 Å². The van der Waals surface area contributed by atoms with Crippen LogP contribution in [-0.4, -0.2) is 34.4 Å². The second-order valence-electron chi connectivity index (χ2n) is 6.48. The topological polar surface area (TPSA) is 30.3 Å². The molecule has 4 rings (SSSR count). The molecule has 0 unspecified atom stereocenters. The van der Waals surface area contributed by atoms with Crippen molar-refractivity contribution in [3.8, 4) is 0 Å². The number of hydrogen-bond acceptors (Lipinski definition) is 4. The lowest BCUT2D eigenvalue weighted by Crippen LogP contribution is -2.37. The molecule has 0 N–H and O–H groups in total. The quantitative estimate of drug-likeness (QED) is 0.734. The molecule has 5 heteroatoms. The van der Waals surface area contributed by atoms with Gasteiger partial charge in [0.1, 0.15) is 0 Å². The minimum atomic E-state index is 0.443. The maximum atomic E-state index is 5.84. The van der Waals surface area contributed by atoms with E-state index in [4.69, 9.17) is 4.74 Å². The molecule has 22 heavy (non-hydrogen) atoms. The minimum absolute atomic E-state index is 0.443. The van der Waals surface area contributed by atoms with E-state index in [2.05, 4.69) is 38.3 Å². The van der Waals surface area contributed by atoms with Gasteiger partial charge < -0.3 is 4.74 Å². The standard InChI is InChI=1S/C17H23N3OS/c1-2-17(22-9-1)12-19-10-15-5-7-18-20(15)16(11-19)6-8-21-13-14-3-4-14/h1-2,5,7,9,14,16H,3-4,6,8,10-13H2/t16-/m0/s1. The number of aromatic nitrogens is 2. The first-order valence-electron chi connectivity index (χ1n) is 8.23. The SMILES string of the molecule is c1csc(CN2Cc3ccnn3[C@@H](CCOCC3CC3)C2)c1. The van der Waals surface area contributed by atoms with Gasteiger partial charge in [0.25, 0.3) is 0 Å². The third-order valence-corrected chi connectivity index (χ3v) is 5.42. The molecule has 0 amide bonds. The van der Waals surface area contributed by atoms with Crippen molar-refractivity contribution in [2.75, 3.05) is 19.8 Å². The molecule has 1 atom stereocenters. The van der Waals surface area contributed by atoms with Crippen molar-refractivity contribution in [1.29, 1.82) is 0 Å². The average molecular weight is 317 g/mol. The van der Waals surface area contributed by atoms with Gasteiger partial charge in [-0.3, -0.25) is 9.58 Å². The Morgan fingerprint density at radius 2 is 2.27 bits per heavy atom. The van der Waals surface area contributed by atoms with E-state index >= 15 is 0 Å². The minimum Gasteiger partial charge on any atom is -0.381 e. The van der Waals surface area contributed by atoms with E-state index in [9.17, 15) is 0 Å². The molecule has 0 saturated heterocycles. The highest BCUT2D eigenvalue weighted by atomic mass is 32.1. The van der Waals surface area contributed by atoms with Crippen molar-refractivity contribution in [3.63, 3.8) is 0 Å². The third kappa shape index (κ3) is 3.42. The summed E-state index contributed by atoms with van der Waals surface area (Å²) in [7, 11) is 0. The van der Waals surface area contributed by atoms with Crippen LogP contribution in [0.25, 0.3) is 0 Å². The Labute approximate surface area is 135 Å². The van der Waals surface area contributed by atoms with Gasteiger partial charge in [0.2, 0.25) is 0 Å². The molecule has 0 radical (unpaired) electrons. The van der Waals surface area contributed by atoms with Crippen LogP contribution in [0.15, 0.2) is 29.8 Å². The molecule has 2 aliphatic rings. The van der Waals surface area contributed by atoms with Gasteiger partial charge in [-0.1, -0.05) is 6.07 Å². The second kappa shape index (κ2) is 6.52. The van der Waals surface area contributed by atoms with Gasteiger partial charge >= 0.3 is 0 Å². The number of nitrogens with zero attached hydrogens (tertiary/aromatic N) is 3. The van der Waals surface area contributed by atoms with E-state index in [0.717, 1.165) is 45.2 Å². The van der Waals surface area contributed by atoms with Gasteiger partial charge in [0, 0.05) is 43.9 Å². The van der Waals surface area contributed by atoms with Crippen LogP contribution in [0, 0.1) is 5.92 Å². The highest BCUT2D eigenvalue weighted by Crippen LogP contribution is 2.29. The maximum Gasteiger partial charge on any atom is 0.0672 e. The van der Waals surface area contributed by atoms with Gasteiger partial charge in [-0.2, -0.15) is 5.10 Å². The molecule has 0 bridgehead atoms. The monoisotopic (exact) mass is 317 g/mol. The lowest BCUT2D eigenvalue weighted by atomic mass is 10.1. The first-order valence-corrected chi connectivity index (χ1v) is 9.11. The second-order valence-corrected chi connectivity index (χ2v) is 7.51. The zero-order valence-electron chi connectivity index (χ0n) is 12.9. The molecule has 1 aliphatic heterocycles. The number of rotatable bonds is 7. The summed E-state index contributed by atoms with van der Waals surface area (Å²) in [4.78, 5) is 3.98. The van der Waals surface area contributed by atoms with Crippen molar-refractivity contribution in [2.24, 2.45) is 5.92 Å². The zero-order chi connectivity index (χ0) is 14.8. The van der Waals surface area contributed by atoms with Crippen molar-refractivity contribution < 1.29 is 4.74 Å². The fourth-order valence-corrected chi connectivity index (χ4v) is 3.92. The largest absolute Gasteiger partial charge is 0.381 e. The summed E-state index contributed by atoms with van der Waals surface area (Å²) >= 11 is 1.84. The Balaban J connectivity index is 1.36. The van der Waals surface area contributed by atoms with Crippen LogP contribution in [0.1, 0.15) is 35.9 Å². The normalized spacial score (nSPS) is 21.9. The van der Waals surface area contributed by atoms with Crippen LogP contribution in [-0.2, 0) is 17.8 Å². The van der Waals surface area contributed by atoms with Gasteiger partial charge in [-0.05, 0) is 42.7 Å². The highest BCUT2D eigenvalue weighted by molar-refractivity contribution is 7.09. The van der Waals surface area contributed by atoms with Crippen LogP contribution in [0.5, 0.6) is 0 Å². The van der Waals surface area contributed by atoms with Gasteiger partial charge in [-0.25, -0.2) is 0 Å². The Kier molecular flexibility index (Phi) is 4.28. The smallest absolute Gasteiger partial charge is 0.0672 e. The predicted molar refractivity (Wildman–Crippen MR) is 87.9 cm³/mol. The molecule has 0 spiro atoms.